The van der Waals surface area contributed by atoms with E-state index >= 15 is 0 Å². The van der Waals surface area contributed by atoms with Gasteiger partial charge in [-0.2, -0.15) is 5.26 Å². The number of rotatable bonds is 13. The van der Waals surface area contributed by atoms with E-state index in [1.165, 1.54) is 24.0 Å². The van der Waals surface area contributed by atoms with Crippen molar-refractivity contribution in [3.63, 3.8) is 0 Å². The van der Waals surface area contributed by atoms with E-state index in [2.05, 4.69) is 71.7 Å². The van der Waals surface area contributed by atoms with Crippen LogP contribution in [-0.4, -0.2) is 34.8 Å². The molecular formula is C43H77N3O2. The molecule has 5 heteroatoms. The monoisotopic (exact) mass is 668 g/mol. The maximum absolute atomic E-state index is 12.7. The number of aryl methyl sites for hydroxylation is 2. The second kappa shape index (κ2) is 32.6. The Kier molecular flexibility index (Phi) is 35.2. The summed E-state index contributed by atoms with van der Waals surface area (Å²) in [6, 6.07) is 7.79. The maximum Gasteiger partial charge on any atom is 0.228 e. The SMILES string of the molecule is C/C=C\CC.CC.CCCC.C\C=C(/N=C\C(=C(/C)CC)C(C)(C)O)N(C)C(=O)CC(CC)CCC(C)C.Cc1ccc(C#N)cc1C. The van der Waals surface area contributed by atoms with Gasteiger partial charge in [0.2, 0.25) is 5.91 Å². The summed E-state index contributed by atoms with van der Waals surface area (Å²) in [5.74, 6) is 1.79. The summed E-state index contributed by atoms with van der Waals surface area (Å²) in [4.78, 5) is 18.9. The van der Waals surface area contributed by atoms with Gasteiger partial charge in [-0.05, 0) is 109 Å². The highest BCUT2D eigenvalue weighted by molar-refractivity contribution is 5.84. The van der Waals surface area contributed by atoms with Gasteiger partial charge in [-0.25, -0.2) is 4.99 Å². The van der Waals surface area contributed by atoms with Gasteiger partial charge in [-0.1, -0.05) is 112 Å². The first kappa shape index (κ1) is 51.9. The van der Waals surface area contributed by atoms with E-state index in [4.69, 9.17) is 5.26 Å². The Balaban J connectivity index is -0.000000371. The van der Waals surface area contributed by atoms with E-state index in [0.717, 1.165) is 48.8 Å². The van der Waals surface area contributed by atoms with E-state index in [1.54, 1.807) is 32.0 Å². The maximum atomic E-state index is 12.7. The van der Waals surface area contributed by atoms with Crippen LogP contribution in [0.3, 0.4) is 0 Å². The fraction of sp³-hybridized carbons (Fsp3) is 0.651. The Morgan fingerprint density at radius 2 is 1.58 bits per heavy atom. The van der Waals surface area contributed by atoms with Gasteiger partial charge < -0.3 is 10.0 Å². The number of nitrogens with zero attached hydrogens (tertiary/aromatic N) is 3. The van der Waals surface area contributed by atoms with E-state index in [9.17, 15) is 9.90 Å². The summed E-state index contributed by atoms with van der Waals surface area (Å²) in [7, 11) is 1.78. The summed E-state index contributed by atoms with van der Waals surface area (Å²) in [6.45, 7) is 32.6. The van der Waals surface area contributed by atoms with Gasteiger partial charge in [0.25, 0.3) is 0 Å². The number of nitriles is 1. The molecule has 48 heavy (non-hydrogen) atoms. The first-order valence-electron chi connectivity index (χ1n) is 18.5. The van der Waals surface area contributed by atoms with Crippen LogP contribution in [0.15, 0.2) is 58.4 Å². The molecule has 0 aromatic heterocycles. The van der Waals surface area contributed by atoms with Crippen molar-refractivity contribution in [3.8, 4) is 6.07 Å². The number of unbranched alkanes of at least 4 members (excludes halogenated alkanes) is 1. The second-order valence-electron chi connectivity index (χ2n) is 12.8. The lowest BCUT2D eigenvalue weighted by atomic mass is 9.92. The van der Waals surface area contributed by atoms with Crippen LogP contribution in [-0.2, 0) is 4.79 Å². The molecule has 1 atom stereocenters. The van der Waals surface area contributed by atoms with Crippen molar-refractivity contribution < 1.29 is 9.90 Å². The minimum absolute atomic E-state index is 0.0943. The highest BCUT2D eigenvalue weighted by atomic mass is 16.3. The molecule has 0 saturated carbocycles. The number of hydrogen-bond acceptors (Lipinski definition) is 4. The second-order valence-corrected chi connectivity index (χ2v) is 12.8. The van der Waals surface area contributed by atoms with Crippen LogP contribution in [0.4, 0.5) is 0 Å². The minimum atomic E-state index is -0.963. The molecule has 0 saturated heterocycles. The fourth-order valence-corrected chi connectivity index (χ4v) is 4.04. The van der Waals surface area contributed by atoms with Crippen LogP contribution in [0.5, 0.6) is 0 Å². The third-order valence-corrected chi connectivity index (χ3v) is 7.75. The predicted octanol–water partition coefficient (Wildman–Crippen LogP) is 12.7. The molecule has 1 unspecified atom stereocenters. The van der Waals surface area contributed by atoms with Gasteiger partial charge in [-0.3, -0.25) is 4.79 Å². The molecule has 0 heterocycles. The van der Waals surface area contributed by atoms with Crippen molar-refractivity contribution in [2.24, 2.45) is 16.8 Å². The highest BCUT2D eigenvalue weighted by Crippen LogP contribution is 2.22. The number of benzene rings is 1. The molecular weight excluding hydrogens is 590 g/mol. The Morgan fingerprint density at radius 1 is 1.02 bits per heavy atom. The van der Waals surface area contributed by atoms with E-state index in [0.29, 0.717) is 24.1 Å². The largest absolute Gasteiger partial charge is 0.386 e. The lowest BCUT2D eigenvalue weighted by molar-refractivity contribution is -0.129. The zero-order valence-corrected chi connectivity index (χ0v) is 34.6. The molecule has 1 N–H and O–H groups in total. The molecule has 1 rings (SSSR count). The molecule has 0 fully saturated rings. The summed E-state index contributed by atoms with van der Waals surface area (Å²) < 4.78 is 0. The van der Waals surface area contributed by atoms with E-state index in [-0.39, 0.29) is 5.91 Å². The number of hydrogen-bond donors (Lipinski definition) is 1. The van der Waals surface area contributed by atoms with Crippen molar-refractivity contribution in [1.82, 2.24) is 4.90 Å². The van der Waals surface area contributed by atoms with Crippen LogP contribution in [0, 0.1) is 37.0 Å². The zero-order valence-electron chi connectivity index (χ0n) is 34.6. The molecule has 0 aliphatic rings. The number of amides is 1. The third kappa shape index (κ3) is 27.0. The molecule has 1 aromatic carbocycles. The highest BCUT2D eigenvalue weighted by Gasteiger charge is 2.21. The van der Waals surface area contributed by atoms with Crippen molar-refractivity contribution in [1.29, 1.82) is 5.26 Å². The Morgan fingerprint density at radius 3 is 1.92 bits per heavy atom. The average Bonchev–Trinajstić information content (AvgIpc) is 3.06. The van der Waals surface area contributed by atoms with Gasteiger partial charge in [0.05, 0.1) is 17.2 Å². The fourth-order valence-electron chi connectivity index (χ4n) is 4.04. The molecule has 5 nitrogen and oxygen atoms in total. The first-order chi connectivity index (χ1) is 22.5. The summed E-state index contributed by atoms with van der Waals surface area (Å²) >= 11 is 0. The van der Waals surface area contributed by atoms with E-state index < -0.39 is 5.60 Å². The number of aliphatic hydroxyl groups is 1. The Labute approximate surface area is 299 Å². The summed E-state index contributed by atoms with van der Waals surface area (Å²) in [5, 5.41) is 18.9. The molecule has 1 aromatic rings. The van der Waals surface area contributed by atoms with Crippen molar-refractivity contribution in [2.75, 3.05) is 7.05 Å². The number of aliphatic imine (C=N–C) groups is 1. The minimum Gasteiger partial charge on any atom is -0.386 e. The van der Waals surface area contributed by atoms with Crippen LogP contribution in [0.25, 0.3) is 0 Å². The molecule has 1 amide bonds. The molecule has 0 bridgehead atoms. The predicted molar refractivity (Wildman–Crippen MR) is 214 cm³/mol. The average molecular weight is 668 g/mol. The van der Waals surface area contributed by atoms with Gasteiger partial charge in [0, 0.05) is 25.3 Å². The van der Waals surface area contributed by atoms with Crippen LogP contribution in [0.1, 0.15) is 165 Å². The number of carbonyl (C=O) groups excluding carboxylic acids is 1. The number of carbonyl (C=O) groups is 1. The topological polar surface area (TPSA) is 76.7 Å². The standard InChI is InChI=1S/C23H42N2O2.C9H9N.C5H10.C4H10.C2H6/c1-10-18(6)20(23(7,8)27)16-24-21(12-3)25(9)22(26)15-19(11-2)14-13-17(4)5;1-7-3-4-9(6-10)5-8(7)2;1-3-5-4-2;1-3-4-2;1-2/h12,16-17,19,27H,10-11,13-15H2,1-9H3;3-5H,1-2H3;3,5H,4H2,1-2H3;3-4H2,1-2H3;1-2H3/b20-18-,21-12+,24-16-;;5-3-;;. The van der Waals surface area contributed by atoms with Crippen molar-refractivity contribution in [2.45, 2.75) is 168 Å². The van der Waals surface area contributed by atoms with Gasteiger partial charge in [0.15, 0.2) is 0 Å². The van der Waals surface area contributed by atoms with Crippen molar-refractivity contribution >= 4 is 12.1 Å². The van der Waals surface area contributed by atoms with Crippen LogP contribution < -0.4 is 0 Å². The molecule has 0 aliphatic heterocycles. The molecule has 0 spiro atoms. The first-order valence-corrected chi connectivity index (χ1v) is 18.5. The van der Waals surface area contributed by atoms with Crippen LogP contribution >= 0.6 is 0 Å². The van der Waals surface area contributed by atoms with E-state index in [1.807, 2.05) is 72.7 Å². The summed E-state index contributed by atoms with van der Waals surface area (Å²) in [6.07, 6.45) is 16.2. The normalized spacial score (nSPS) is 12.2. The smallest absolute Gasteiger partial charge is 0.228 e. The Bertz CT molecular complexity index is 1110. The van der Waals surface area contributed by atoms with Gasteiger partial charge in [-0.15, -0.1) is 0 Å². The van der Waals surface area contributed by atoms with Crippen molar-refractivity contribution in [3.05, 3.63) is 70.1 Å². The third-order valence-electron chi connectivity index (χ3n) is 7.75. The Hall–Kier alpha value is -2.97. The lowest BCUT2D eigenvalue weighted by Gasteiger charge is -2.23. The molecule has 0 radical (unpaired) electrons. The molecule has 0 aliphatic carbocycles. The zero-order chi connectivity index (χ0) is 38.3. The quantitative estimate of drug-likeness (QED) is 0.168. The molecule has 276 valence electrons. The number of allylic oxidation sites excluding steroid dienone is 4. The summed E-state index contributed by atoms with van der Waals surface area (Å²) in [5.41, 5.74) is 4.08. The van der Waals surface area contributed by atoms with Gasteiger partial charge >= 0.3 is 0 Å². The lowest BCUT2D eigenvalue weighted by Crippen LogP contribution is -2.28. The van der Waals surface area contributed by atoms with Crippen LogP contribution in [0.2, 0.25) is 0 Å². The van der Waals surface area contributed by atoms with Gasteiger partial charge in [0.1, 0.15) is 5.82 Å².